The van der Waals surface area contributed by atoms with Gasteiger partial charge in [0, 0.05) is 24.2 Å². The summed E-state index contributed by atoms with van der Waals surface area (Å²) in [6, 6.07) is 5.24. The van der Waals surface area contributed by atoms with Crippen LogP contribution >= 0.6 is 0 Å². The summed E-state index contributed by atoms with van der Waals surface area (Å²) >= 11 is 0. The van der Waals surface area contributed by atoms with Crippen molar-refractivity contribution in [2.24, 2.45) is 0 Å². The molecule has 3 atom stereocenters. The first-order chi connectivity index (χ1) is 19.4. The van der Waals surface area contributed by atoms with E-state index in [1.807, 2.05) is 0 Å². The highest BCUT2D eigenvalue weighted by Gasteiger charge is 2.50. The number of carbonyl (C=O) groups is 2. The highest BCUT2D eigenvalue weighted by Crippen LogP contribution is 2.38. The maximum Gasteiger partial charge on any atom is 0.338 e. The average molecular weight is 580 g/mol. The molecule has 0 amide bonds. The van der Waals surface area contributed by atoms with Crippen LogP contribution in [0.3, 0.4) is 0 Å². The number of esters is 2. The summed E-state index contributed by atoms with van der Waals surface area (Å²) < 4.78 is 22.7. The predicted molar refractivity (Wildman–Crippen MR) is 135 cm³/mol. The molecule has 41 heavy (non-hydrogen) atoms. The minimum absolute atomic E-state index is 0.167. The van der Waals surface area contributed by atoms with Gasteiger partial charge in [-0.3, -0.25) is 20.8 Å². The van der Waals surface area contributed by atoms with E-state index in [0.29, 0.717) is 19.3 Å². The van der Waals surface area contributed by atoms with Crippen molar-refractivity contribution in [1.82, 2.24) is 0 Å². The summed E-state index contributed by atoms with van der Waals surface area (Å²) in [6.45, 7) is 0.0529. The van der Waals surface area contributed by atoms with Gasteiger partial charge in [0.1, 0.15) is 6.10 Å². The zero-order valence-electron chi connectivity index (χ0n) is 21.0. The van der Waals surface area contributed by atoms with Crippen molar-refractivity contribution in [3.63, 3.8) is 0 Å². The molecule has 224 valence electrons. The van der Waals surface area contributed by atoms with Crippen LogP contribution in [0.4, 0.5) is 22.7 Å². The Labute approximate surface area is 230 Å². The molecule has 2 saturated heterocycles. The topological polar surface area (TPSA) is 257 Å². The molecule has 0 bridgehead atoms. The number of anilines is 4. The van der Waals surface area contributed by atoms with Gasteiger partial charge in [-0.05, 0) is 49.2 Å². The maximum absolute atomic E-state index is 13.1. The molecule has 0 radical (unpaired) electrons. The van der Waals surface area contributed by atoms with E-state index >= 15 is 0 Å². The van der Waals surface area contributed by atoms with Gasteiger partial charge < -0.3 is 50.2 Å². The van der Waals surface area contributed by atoms with Gasteiger partial charge in [-0.15, -0.1) is 10.5 Å². The van der Waals surface area contributed by atoms with E-state index in [1.54, 1.807) is 0 Å². The smallest absolute Gasteiger partial charge is 0.338 e. The lowest BCUT2D eigenvalue weighted by Crippen LogP contribution is -2.57. The molecule has 0 unspecified atom stereocenters. The Kier molecular flexibility index (Phi) is 9.09. The predicted octanol–water partition coefficient (Wildman–Crippen LogP) is 2.53. The first-order valence-corrected chi connectivity index (χ1v) is 12.0. The van der Waals surface area contributed by atoms with Crippen molar-refractivity contribution >= 4 is 34.7 Å². The number of benzene rings is 2. The number of rotatable bonds is 8. The second kappa shape index (κ2) is 12.4. The molecule has 0 aliphatic carbocycles. The average Bonchev–Trinajstić information content (AvgIpc) is 2.94. The van der Waals surface area contributed by atoms with Crippen molar-refractivity contribution in [1.29, 1.82) is 0 Å². The van der Waals surface area contributed by atoms with Gasteiger partial charge in [0.25, 0.3) is 0 Å². The molecular formula is C23H24N4O14-4. The molecule has 18 heteroatoms. The SMILES string of the molecule is O=C(O[C@H]1CO[C@@]2(CCCCO2)[C@H](OC(=O)c2cc(N([O-])[O-])cc(N(O)O)c2)C1)c1cc(N([O-])[O-])cc(N(O)O)c1. The lowest BCUT2D eigenvalue weighted by molar-refractivity contribution is -0.326. The van der Waals surface area contributed by atoms with Crippen LogP contribution in [0.5, 0.6) is 0 Å². The highest BCUT2D eigenvalue weighted by atomic mass is 16.8. The minimum Gasteiger partial charge on any atom is -0.769 e. The third-order valence-corrected chi connectivity index (χ3v) is 6.43. The van der Waals surface area contributed by atoms with E-state index in [2.05, 4.69) is 0 Å². The molecule has 2 fully saturated rings. The van der Waals surface area contributed by atoms with Crippen LogP contribution in [0.1, 0.15) is 46.4 Å². The number of nitrogens with zero attached hydrogens (tertiary/aromatic N) is 4. The van der Waals surface area contributed by atoms with E-state index in [9.17, 15) is 51.2 Å². The first-order valence-electron chi connectivity index (χ1n) is 12.0. The summed E-state index contributed by atoms with van der Waals surface area (Å²) in [6.07, 6.45) is -0.801. The van der Waals surface area contributed by atoms with Gasteiger partial charge in [-0.2, -0.15) is 0 Å². The molecule has 2 aromatic carbocycles. The standard InChI is InChI=1S/C23H24N4O14/c28-21(13-5-15(24(30)31)9-16(6-13)25(32)33)40-19-11-20(23(39-12-19)3-1-2-4-38-23)41-22(29)14-7-17(26(34)35)10-18(8-14)27(36)37/h5-10,19-20,30-31,34-35H,1-4,11-12H2/q-4/t19-,20-,23+/m1/s1. The van der Waals surface area contributed by atoms with Crippen LogP contribution in [-0.2, 0) is 18.9 Å². The highest BCUT2D eigenvalue weighted by molar-refractivity contribution is 5.93. The van der Waals surface area contributed by atoms with E-state index in [-0.39, 0.29) is 25.2 Å². The second-order valence-electron chi connectivity index (χ2n) is 9.15. The van der Waals surface area contributed by atoms with Crippen molar-refractivity contribution in [2.45, 2.75) is 43.7 Å². The number of ether oxygens (including phenoxy) is 4. The summed E-state index contributed by atoms with van der Waals surface area (Å²) in [5.74, 6) is -3.60. The normalized spacial score (nSPS) is 22.1. The molecule has 2 aromatic rings. The summed E-state index contributed by atoms with van der Waals surface area (Å²) in [4.78, 5) is 25.9. The minimum atomic E-state index is -1.42. The summed E-state index contributed by atoms with van der Waals surface area (Å²) in [5.41, 5.74) is -2.99. The second-order valence-corrected chi connectivity index (χ2v) is 9.15. The molecule has 1 spiro atoms. The van der Waals surface area contributed by atoms with E-state index in [4.69, 9.17) is 18.9 Å². The Morgan fingerprint density at radius 2 is 1.27 bits per heavy atom. The van der Waals surface area contributed by atoms with Crippen LogP contribution in [0.15, 0.2) is 36.4 Å². The zero-order chi connectivity index (χ0) is 29.9. The summed E-state index contributed by atoms with van der Waals surface area (Å²) in [7, 11) is 0. The third kappa shape index (κ3) is 6.92. The van der Waals surface area contributed by atoms with Gasteiger partial charge in [-0.1, -0.05) is 0 Å². The molecule has 0 aromatic heterocycles. The lowest BCUT2D eigenvalue weighted by atomic mass is 9.93. The van der Waals surface area contributed by atoms with E-state index < -0.39 is 79.2 Å². The molecule has 2 aliphatic rings. The Morgan fingerprint density at radius 1 is 0.756 bits per heavy atom. The van der Waals surface area contributed by atoms with Gasteiger partial charge in [-0.25, -0.2) is 9.59 Å². The number of hydrogen-bond acceptors (Lipinski definition) is 18. The molecule has 18 nitrogen and oxygen atoms in total. The van der Waals surface area contributed by atoms with Crippen LogP contribution < -0.4 is 20.9 Å². The number of hydrogen-bond donors (Lipinski definition) is 4. The molecule has 4 N–H and O–H groups in total. The first kappa shape index (κ1) is 30.1. The van der Waals surface area contributed by atoms with Crippen molar-refractivity contribution in [3.05, 3.63) is 68.4 Å². The molecule has 2 aliphatic heterocycles. The van der Waals surface area contributed by atoms with Crippen LogP contribution in [0.25, 0.3) is 0 Å². The Balaban J connectivity index is 1.56. The van der Waals surface area contributed by atoms with Crippen LogP contribution in [0, 0.1) is 20.8 Å². The lowest BCUT2D eigenvalue weighted by Gasteiger charge is -2.46. The fourth-order valence-electron chi connectivity index (χ4n) is 4.48. The molecule has 0 saturated carbocycles. The van der Waals surface area contributed by atoms with Crippen molar-refractivity contribution < 1.29 is 49.4 Å². The molecule has 2 heterocycles. The Morgan fingerprint density at radius 3 is 1.73 bits per heavy atom. The monoisotopic (exact) mass is 580 g/mol. The fourth-order valence-corrected chi connectivity index (χ4v) is 4.48. The molecular weight excluding hydrogens is 556 g/mol. The zero-order valence-corrected chi connectivity index (χ0v) is 21.0. The van der Waals surface area contributed by atoms with Crippen LogP contribution in [-0.4, -0.2) is 64.0 Å². The Bertz CT molecular complexity index is 1200. The van der Waals surface area contributed by atoms with E-state index in [1.165, 1.54) is 0 Å². The van der Waals surface area contributed by atoms with Crippen LogP contribution in [0.2, 0.25) is 0 Å². The fraction of sp³-hybridized carbons (Fsp3) is 0.391. The molecule has 4 rings (SSSR count). The van der Waals surface area contributed by atoms with Crippen molar-refractivity contribution in [3.8, 4) is 0 Å². The Hall–Kier alpha value is -3.82. The third-order valence-electron chi connectivity index (χ3n) is 6.43. The number of carbonyl (C=O) groups excluding carboxylic acids is 2. The largest absolute Gasteiger partial charge is 0.769 e. The quantitative estimate of drug-likeness (QED) is 0.258. The van der Waals surface area contributed by atoms with Gasteiger partial charge in [0.05, 0.1) is 35.7 Å². The van der Waals surface area contributed by atoms with E-state index in [0.717, 1.165) is 36.4 Å². The maximum atomic E-state index is 13.1. The van der Waals surface area contributed by atoms with Gasteiger partial charge >= 0.3 is 11.9 Å². The van der Waals surface area contributed by atoms with Gasteiger partial charge in [0.2, 0.25) is 5.79 Å². The van der Waals surface area contributed by atoms with Gasteiger partial charge in [0.15, 0.2) is 6.10 Å². The van der Waals surface area contributed by atoms with Crippen molar-refractivity contribution in [2.75, 3.05) is 34.1 Å². The summed E-state index contributed by atoms with van der Waals surface area (Å²) in [5, 5.41) is 79.7.